The summed E-state index contributed by atoms with van der Waals surface area (Å²) in [5.74, 6) is -0.288. The lowest BCUT2D eigenvalue weighted by Gasteiger charge is -1.91. The molecular weight excluding hydrogens is 230 g/mol. The van der Waals surface area contributed by atoms with Crippen LogP contribution in [0, 0.1) is 0 Å². The molecule has 0 aliphatic heterocycles. The van der Waals surface area contributed by atoms with Crippen molar-refractivity contribution in [2.75, 3.05) is 5.73 Å². The Morgan fingerprint density at radius 2 is 1.89 bits per heavy atom. The molecule has 0 unspecified atom stereocenters. The van der Waals surface area contributed by atoms with Crippen molar-refractivity contribution in [3.8, 4) is 0 Å². The molecule has 0 radical (unpaired) electrons. The van der Waals surface area contributed by atoms with Gasteiger partial charge in [-0.25, -0.2) is 4.98 Å². The molecule has 0 saturated carbocycles. The van der Waals surface area contributed by atoms with Crippen molar-refractivity contribution in [3.63, 3.8) is 0 Å². The summed E-state index contributed by atoms with van der Waals surface area (Å²) in [6.07, 6.45) is 0. The van der Waals surface area contributed by atoms with Gasteiger partial charge in [0.1, 0.15) is 11.5 Å². The Morgan fingerprint density at radius 1 is 1.22 bits per heavy atom. The number of para-hydroxylation sites is 1. The van der Waals surface area contributed by atoms with Crippen molar-refractivity contribution >= 4 is 33.7 Å². The summed E-state index contributed by atoms with van der Waals surface area (Å²) >= 11 is 0. The maximum absolute atomic E-state index is 9.00. The van der Waals surface area contributed by atoms with Gasteiger partial charge in [0.2, 0.25) is 0 Å². The molecule has 0 fully saturated rings. The molecule has 3 aromatic rings. The predicted molar refractivity (Wildman–Crippen MR) is 71.3 cm³/mol. The normalized spacial score (nSPS) is 10.1. The molecule has 0 aliphatic carbocycles. The van der Waals surface area contributed by atoms with Crippen LogP contribution in [-0.2, 0) is 4.79 Å². The number of nitrogens with zero attached hydrogens (tertiary/aromatic N) is 1. The first-order chi connectivity index (χ1) is 8.58. The van der Waals surface area contributed by atoms with E-state index in [1.807, 2.05) is 30.3 Å². The Labute approximate surface area is 103 Å². The van der Waals surface area contributed by atoms with E-state index in [4.69, 9.17) is 15.6 Å². The molecular formula is C13H13N3O2. The molecule has 5 heteroatoms. The molecule has 3 rings (SSSR count). The number of benzene rings is 1. The molecule has 0 saturated heterocycles. The van der Waals surface area contributed by atoms with Gasteiger partial charge in [0.25, 0.3) is 5.97 Å². The van der Waals surface area contributed by atoms with Crippen LogP contribution in [0.3, 0.4) is 0 Å². The second-order valence-electron chi connectivity index (χ2n) is 3.82. The Bertz CT molecular complexity index is 700. The fraction of sp³-hybridized carbons (Fsp3) is 0.0769. The number of hydrogen-bond acceptors (Lipinski definition) is 3. The quantitative estimate of drug-likeness (QED) is 0.565. The molecule has 5 nitrogen and oxygen atoms in total. The van der Waals surface area contributed by atoms with Crippen LogP contribution in [0.15, 0.2) is 36.4 Å². The number of carboxylic acids is 1. The standard InChI is InChI=1S/C11H9N3.C2H4O2/c12-10-6-5-8-7-3-1-2-4-9(7)13-11(8)14-10;1-2(3)4/h1-6H,(H3,12,13,14);1H3,(H,3,4). The fourth-order valence-electron chi connectivity index (χ4n) is 1.74. The molecule has 0 atom stereocenters. The molecule has 92 valence electrons. The molecule has 18 heavy (non-hydrogen) atoms. The van der Waals surface area contributed by atoms with Crippen molar-refractivity contribution in [2.24, 2.45) is 0 Å². The predicted octanol–water partition coefficient (Wildman–Crippen LogP) is 2.39. The topological polar surface area (TPSA) is 92.0 Å². The molecule has 2 aromatic heterocycles. The minimum Gasteiger partial charge on any atom is -0.481 e. The number of nitrogens with two attached hydrogens (primary N) is 1. The zero-order valence-electron chi connectivity index (χ0n) is 9.84. The highest BCUT2D eigenvalue weighted by Crippen LogP contribution is 2.24. The summed E-state index contributed by atoms with van der Waals surface area (Å²) in [6.45, 7) is 1.08. The summed E-state index contributed by atoms with van der Waals surface area (Å²) < 4.78 is 0. The van der Waals surface area contributed by atoms with E-state index in [1.165, 1.54) is 5.39 Å². The van der Waals surface area contributed by atoms with E-state index < -0.39 is 5.97 Å². The van der Waals surface area contributed by atoms with Crippen molar-refractivity contribution < 1.29 is 9.90 Å². The number of anilines is 1. The van der Waals surface area contributed by atoms with E-state index in [-0.39, 0.29) is 0 Å². The molecule has 4 N–H and O–H groups in total. The molecule has 0 bridgehead atoms. The second kappa shape index (κ2) is 4.75. The minimum absolute atomic E-state index is 0.545. The number of H-pyrrole nitrogens is 1. The average Bonchev–Trinajstić information content (AvgIpc) is 2.65. The van der Waals surface area contributed by atoms with Crippen molar-refractivity contribution in [2.45, 2.75) is 6.92 Å². The SMILES string of the molecule is CC(=O)O.Nc1ccc2c(n1)[nH]c1ccccc12. The maximum Gasteiger partial charge on any atom is 0.300 e. The Hall–Kier alpha value is -2.56. The summed E-state index contributed by atoms with van der Waals surface area (Å²) in [6, 6.07) is 11.9. The fourth-order valence-corrected chi connectivity index (χ4v) is 1.74. The highest BCUT2D eigenvalue weighted by molar-refractivity contribution is 6.05. The van der Waals surface area contributed by atoms with E-state index in [1.54, 1.807) is 0 Å². The zero-order chi connectivity index (χ0) is 13.1. The third kappa shape index (κ3) is 2.40. The number of pyridine rings is 1. The van der Waals surface area contributed by atoms with Gasteiger partial charge in [-0.05, 0) is 18.2 Å². The summed E-state index contributed by atoms with van der Waals surface area (Å²) in [5, 5.41) is 9.73. The van der Waals surface area contributed by atoms with Crippen molar-refractivity contribution in [3.05, 3.63) is 36.4 Å². The van der Waals surface area contributed by atoms with Crippen LogP contribution in [-0.4, -0.2) is 21.0 Å². The number of carboxylic acid groups (broad SMARTS) is 1. The smallest absolute Gasteiger partial charge is 0.300 e. The minimum atomic E-state index is -0.833. The van der Waals surface area contributed by atoms with Crippen molar-refractivity contribution in [1.29, 1.82) is 0 Å². The number of aromatic nitrogens is 2. The van der Waals surface area contributed by atoms with Crippen LogP contribution in [0.1, 0.15) is 6.92 Å². The van der Waals surface area contributed by atoms with Gasteiger partial charge in [0.15, 0.2) is 0 Å². The maximum atomic E-state index is 9.00. The summed E-state index contributed by atoms with van der Waals surface area (Å²) in [5.41, 5.74) is 7.57. The first kappa shape index (κ1) is 11.9. The van der Waals surface area contributed by atoms with Crippen LogP contribution < -0.4 is 5.73 Å². The van der Waals surface area contributed by atoms with E-state index in [2.05, 4.69) is 16.0 Å². The molecule has 2 heterocycles. The lowest BCUT2D eigenvalue weighted by Crippen LogP contribution is -1.88. The van der Waals surface area contributed by atoms with Crippen LogP contribution in [0.25, 0.3) is 21.9 Å². The molecule has 0 aliphatic rings. The Kier molecular flexibility index (Phi) is 3.14. The molecule has 0 amide bonds. The van der Waals surface area contributed by atoms with Crippen LogP contribution in [0.2, 0.25) is 0 Å². The molecule has 0 spiro atoms. The van der Waals surface area contributed by atoms with E-state index in [9.17, 15) is 0 Å². The van der Waals surface area contributed by atoms with E-state index in [0.29, 0.717) is 5.82 Å². The van der Waals surface area contributed by atoms with Gasteiger partial charge in [-0.2, -0.15) is 0 Å². The number of fused-ring (bicyclic) bond motifs is 3. The number of aliphatic carboxylic acids is 1. The average molecular weight is 243 g/mol. The number of hydrogen-bond donors (Lipinski definition) is 3. The van der Waals surface area contributed by atoms with Crippen LogP contribution in [0.4, 0.5) is 5.82 Å². The Morgan fingerprint density at radius 3 is 2.61 bits per heavy atom. The van der Waals surface area contributed by atoms with E-state index >= 15 is 0 Å². The van der Waals surface area contributed by atoms with Crippen LogP contribution in [0.5, 0.6) is 0 Å². The lowest BCUT2D eigenvalue weighted by molar-refractivity contribution is -0.134. The second-order valence-corrected chi connectivity index (χ2v) is 3.82. The van der Waals surface area contributed by atoms with Gasteiger partial charge < -0.3 is 15.8 Å². The Balaban J connectivity index is 0.000000267. The van der Waals surface area contributed by atoms with Crippen molar-refractivity contribution in [1.82, 2.24) is 9.97 Å². The first-order valence-corrected chi connectivity index (χ1v) is 5.40. The largest absolute Gasteiger partial charge is 0.481 e. The molecule has 1 aromatic carbocycles. The van der Waals surface area contributed by atoms with Gasteiger partial charge in [-0.3, -0.25) is 4.79 Å². The zero-order valence-corrected chi connectivity index (χ0v) is 9.84. The van der Waals surface area contributed by atoms with Gasteiger partial charge in [0.05, 0.1) is 0 Å². The monoisotopic (exact) mass is 243 g/mol. The number of aromatic amines is 1. The highest BCUT2D eigenvalue weighted by atomic mass is 16.4. The van der Waals surface area contributed by atoms with Gasteiger partial charge in [-0.1, -0.05) is 18.2 Å². The van der Waals surface area contributed by atoms with Crippen LogP contribution >= 0.6 is 0 Å². The van der Waals surface area contributed by atoms with Gasteiger partial charge in [-0.15, -0.1) is 0 Å². The number of rotatable bonds is 0. The number of nitrogen functional groups attached to an aromatic ring is 1. The third-order valence-electron chi connectivity index (χ3n) is 2.39. The number of carbonyl (C=O) groups is 1. The van der Waals surface area contributed by atoms with E-state index in [0.717, 1.165) is 23.5 Å². The first-order valence-electron chi connectivity index (χ1n) is 5.40. The number of nitrogens with one attached hydrogen (secondary N) is 1. The lowest BCUT2D eigenvalue weighted by atomic mass is 10.2. The van der Waals surface area contributed by atoms with Gasteiger partial charge >= 0.3 is 0 Å². The third-order valence-corrected chi connectivity index (χ3v) is 2.39. The highest BCUT2D eigenvalue weighted by Gasteiger charge is 2.03. The summed E-state index contributed by atoms with van der Waals surface area (Å²) in [7, 11) is 0. The summed E-state index contributed by atoms with van der Waals surface area (Å²) in [4.78, 5) is 16.5. The van der Waals surface area contributed by atoms with Gasteiger partial charge in [0, 0.05) is 23.2 Å².